The van der Waals surface area contributed by atoms with Crippen molar-refractivity contribution in [3.05, 3.63) is 64.1 Å². The molecule has 0 heterocycles. The Bertz CT molecular complexity index is 499. The van der Waals surface area contributed by atoms with Gasteiger partial charge >= 0.3 is 0 Å². The van der Waals surface area contributed by atoms with Gasteiger partial charge in [-0.2, -0.15) is 0 Å². The van der Waals surface area contributed by atoms with Gasteiger partial charge in [0.25, 0.3) is 0 Å². The van der Waals surface area contributed by atoms with Crippen molar-refractivity contribution >= 4 is 27.9 Å². The van der Waals surface area contributed by atoms with Gasteiger partial charge in [-0.3, -0.25) is 4.72 Å². The minimum Gasteiger partial charge on any atom is -0.497 e. The smallest absolute Gasteiger partial charge is 0.118 e. The third kappa shape index (κ3) is 4.90. The number of rotatable bonds is 6. The zero-order valence-electron chi connectivity index (χ0n) is 10.7. The van der Waals surface area contributed by atoms with Crippen LogP contribution in [-0.4, -0.2) is 7.11 Å². The maximum Gasteiger partial charge on any atom is 0.118 e. The van der Waals surface area contributed by atoms with Crippen LogP contribution in [0.4, 0.5) is 0 Å². The molecule has 0 bridgehead atoms. The maximum atomic E-state index is 5.13. The third-order valence-corrected chi connectivity index (χ3v) is 4.04. The number of hydrogen-bond donors (Lipinski definition) is 1. The molecule has 2 aromatic carbocycles. The van der Waals surface area contributed by atoms with E-state index in [1.54, 1.807) is 19.1 Å². The standard InChI is InChI=1S/C15H16BrNOS/c1-18-15-8-4-12(5-9-15)10-17-19-11-13-2-6-14(16)7-3-13/h2-9,17H,10-11H2,1H3. The van der Waals surface area contributed by atoms with Crippen LogP contribution < -0.4 is 9.46 Å². The molecular formula is C15H16BrNOS. The number of methoxy groups -OCH3 is 1. The molecular weight excluding hydrogens is 322 g/mol. The first-order valence-corrected chi connectivity index (χ1v) is 7.78. The molecule has 2 nitrogen and oxygen atoms in total. The van der Waals surface area contributed by atoms with Crippen molar-refractivity contribution in [2.75, 3.05) is 7.11 Å². The van der Waals surface area contributed by atoms with Gasteiger partial charge in [-0.25, -0.2) is 0 Å². The van der Waals surface area contributed by atoms with Crippen LogP contribution in [0.25, 0.3) is 0 Å². The van der Waals surface area contributed by atoms with Crippen LogP contribution in [0.2, 0.25) is 0 Å². The molecule has 0 fully saturated rings. The highest BCUT2D eigenvalue weighted by molar-refractivity contribution is 9.10. The highest BCUT2D eigenvalue weighted by Gasteiger charge is 1.96. The number of nitrogens with one attached hydrogen (secondary N) is 1. The predicted octanol–water partition coefficient (Wildman–Crippen LogP) is 4.40. The first kappa shape index (κ1) is 14.4. The Balaban J connectivity index is 1.72. The summed E-state index contributed by atoms with van der Waals surface area (Å²) in [7, 11) is 1.68. The number of hydrogen-bond acceptors (Lipinski definition) is 3. The molecule has 0 radical (unpaired) electrons. The van der Waals surface area contributed by atoms with Crippen molar-refractivity contribution in [3.63, 3.8) is 0 Å². The van der Waals surface area contributed by atoms with Crippen molar-refractivity contribution in [2.24, 2.45) is 0 Å². The van der Waals surface area contributed by atoms with Crippen LogP contribution in [0.3, 0.4) is 0 Å². The molecule has 0 aliphatic heterocycles. The summed E-state index contributed by atoms with van der Waals surface area (Å²) in [4.78, 5) is 0. The molecule has 0 aromatic heterocycles. The fraction of sp³-hybridized carbons (Fsp3) is 0.200. The summed E-state index contributed by atoms with van der Waals surface area (Å²) < 4.78 is 9.62. The second kappa shape index (κ2) is 7.58. The monoisotopic (exact) mass is 337 g/mol. The van der Waals surface area contributed by atoms with Gasteiger partial charge in [-0.15, -0.1) is 0 Å². The van der Waals surface area contributed by atoms with Gasteiger partial charge in [0.2, 0.25) is 0 Å². The first-order chi connectivity index (χ1) is 9.28. The van der Waals surface area contributed by atoms with Crippen molar-refractivity contribution in [1.29, 1.82) is 0 Å². The Morgan fingerprint density at radius 1 is 1.00 bits per heavy atom. The van der Waals surface area contributed by atoms with Gasteiger partial charge in [-0.1, -0.05) is 52.1 Å². The van der Waals surface area contributed by atoms with Crippen molar-refractivity contribution < 1.29 is 4.74 Å². The zero-order valence-corrected chi connectivity index (χ0v) is 13.1. The minimum atomic E-state index is 0.852. The largest absolute Gasteiger partial charge is 0.497 e. The lowest BCUT2D eigenvalue weighted by molar-refractivity contribution is 0.414. The van der Waals surface area contributed by atoms with Crippen LogP contribution in [0.15, 0.2) is 53.0 Å². The fourth-order valence-corrected chi connectivity index (χ4v) is 2.59. The molecule has 19 heavy (non-hydrogen) atoms. The zero-order chi connectivity index (χ0) is 13.5. The van der Waals surface area contributed by atoms with Crippen LogP contribution in [0.5, 0.6) is 5.75 Å². The van der Waals surface area contributed by atoms with E-state index in [0.29, 0.717) is 0 Å². The SMILES string of the molecule is COc1ccc(CNSCc2ccc(Br)cc2)cc1. The summed E-state index contributed by atoms with van der Waals surface area (Å²) >= 11 is 5.16. The lowest BCUT2D eigenvalue weighted by atomic mass is 10.2. The molecule has 0 aliphatic carbocycles. The van der Waals surface area contributed by atoms with Crippen molar-refractivity contribution in [2.45, 2.75) is 12.3 Å². The Hall–Kier alpha value is -0.970. The summed E-state index contributed by atoms with van der Waals surface area (Å²) in [5.74, 6) is 1.86. The lowest BCUT2D eigenvalue weighted by Crippen LogP contribution is -2.03. The van der Waals surface area contributed by atoms with Gasteiger partial charge in [-0.05, 0) is 35.4 Å². The molecule has 2 aromatic rings. The number of ether oxygens (including phenoxy) is 1. The summed E-state index contributed by atoms with van der Waals surface area (Å²) in [6.07, 6.45) is 0. The summed E-state index contributed by atoms with van der Waals surface area (Å²) in [5.41, 5.74) is 2.57. The topological polar surface area (TPSA) is 21.3 Å². The second-order valence-electron chi connectivity index (χ2n) is 4.08. The maximum absolute atomic E-state index is 5.13. The van der Waals surface area contributed by atoms with Gasteiger partial charge in [0.15, 0.2) is 0 Å². The van der Waals surface area contributed by atoms with E-state index in [1.165, 1.54) is 11.1 Å². The third-order valence-electron chi connectivity index (χ3n) is 2.69. The number of halogens is 1. The van der Waals surface area contributed by atoms with E-state index in [-0.39, 0.29) is 0 Å². The van der Waals surface area contributed by atoms with Crippen molar-refractivity contribution in [3.8, 4) is 5.75 Å². The minimum absolute atomic E-state index is 0.852. The van der Waals surface area contributed by atoms with Crippen molar-refractivity contribution in [1.82, 2.24) is 4.72 Å². The average molecular weight is 338 g/mol. The molecule has 2 rings (SSSR count). The van der Waals surface area contributed by atoms with E-state index in [9.17, 15) is 0 Å². The molecule has 0 aliphatic rings. The summed E-state index contributed by atoms with van der Waals surface area (Å²) in [6.45, 7) is 0.852. The van der Waals surface area contributed by atoms with E-state index in [4.69, 9.17) is 4.74 Å². The molecule has 0 spiro atoms. The molecule has 0 saturated heterocycles. The number of benzene rings is 2. The van der Waals surface area contributed by atoms with Gasteiger partial charge in [0.1, 0.15) is 5.75 Å². The molecule has 100 valence electrons. The van der Waals surface area contributed by atoms with Crippen LogP contribution in [0.1, 0.15) is 11.1 Å². The van der Waals surface area contributed by atoms with Gasteiger partial charge < -0.3 is 4.74 Å². The Kier molecular flexibility index (Phi) is 5.76. The quantitative estimate of drug-likeness (QED) is 0.623. The van der Waals surface area contributed by atoms with Gasteiger partial charge in [0, 0.05) is 16.8 Å². The summed E-state index contributed by atoms with van der Waals surface area (Å²) in [5, 5.41) is 0. The van der Waals surface area contributed by atoms with E-state index < -0.39 is 0 Å². The molecule has 1 N–H and O–H groups in total. The second-order valence-corrected chi connectivity index (χ2v) is 5.87. The Labute approximate surface area is 126 Å². The van der Waals surface area contributed by atoms with Crippen LogP contribution in [-0.2, 0) is 12.3 Å². The fourth-order valence-electron chi connectivity index (χ4n) is 1.59. The normalized spacial score (nSPS) is 10.4. The van der Waals surface area contributed by atoms with E-state index in [2.05, 4.69) is 57.1 Å². The lowest BCUT2D eigenvalue weighted by Gasteiger charge is -2.06. The Morgan fingerprint density at radius 2 is 1.63 bits per heavy atom. The van der Waals surface area contributed by atoms with E-state index >= 15 is 0 Å². The molecule has 0 unspecified atom stereocenters. The van der Waals surface area contributed by atoms with Crippen LogP contribution in [0, 0.1) is 0 Å². The first-order valence-electron chi connectivity index (χ1n) is 6.00. The highest BCUT2D eigenvalue weighted by atomic mass is 79.9. The van der Waals surface area contributed by atoms with E-state index in [1.807, 2.05) is 12.1 Å². The molecule has 4 heteroatoms. The molecule has 0 atom stereocenters. The highest BCUT2D eigenvalue weighted by Crippen LogP contribution is 2.15. The molecule has 0 amide bonds. The Morgan fingerprint density at radius 3 is 2.26 bits per heavy atom. The predicted molar refractivity (Wildman–Crippen MR) is 85.3 cm³/mol. The summed E-state index contributed by atoms with van der Waals surface area (Å²) in [6, 6.07) is 16.5. The van der Waals surface area contributed by atoms with Crippen LogP contribution >= 0.6 is 27.9 Å². The average Bonchev–Trinajstić information content (AvgIpc) is 2.46. The molecule has 0 saturated carbocycles. The van der Waals surface area contributed by atoms with E-state index in [0.717, 1.165) is 22.5 Å². The van der Waals surface area contributed by atoms with Gasteiger partial charge in [0.05, 0.1) is 7.11 Å².